The van der Waals surface area contributed by atoms with Gasteiger partial charge in [-0.05, 0) is 37.1 Å². The van der Waals surface area contributed by atoms with E-state index in [0.29, 0.717) is 0 Å². The van der Waals surface area contributed by atoms with Crippen LogP contribution >= 0.6 is 0 Å². The summed E-state index contributed by atoms with van der Waals surface area (Å²) in [6.07, 6.45) is 1.97. The molecule has 0 spiro atoms. The van der Waals surface area contributed by atoms with Gasteiger partial charge in [0, 0.05) is 12.1 Å². The molecule has 0 bridgehead atoms. The minimum Gasteiger partial charge on any atom is -0.340 e. The first-order chi connectivity index (χ1) is 10.8. The van der Waals surface area contributed by atoms with Gasteiger partial charge in [-0.2, -0.15) is 0 Å². The molecule has 4 heteroatoms. The lowest BCUT2D eigenvalue weighted by Crippen LogP contribution is -2.31. The SMILES string of the molecule is O=C(c1ccccc1)N1CCC[C@@H]1c1nc2ccccc2[nH]1. The molecule has 22 heavy (non-hydrogen) atoms. The molecule has 2 heterocycles. The molecule has 1 amide bonds. The van der Waals surface area contributed by atoms with Crippen molar-refractivity contribution in [2.75, 3.05) is 6.54 Å². The summed E-state index contributed by atoms with van der Waals surface area (Å²) in [4.78, 5) is 22.7. The van der Waals surface area contributed by atoms with E-state index in [1.165, 1.54) is 0 Å². The van der Waals surface area contributed by atoms with E-state index in [4.69, 9.17) is 0 Å². The second-order valence-corrected chi connectivity index (χ2v) is 5.66. The lowest BCUT2D eigenvalue weighted by atomic mass is 10.1. The van der Waals surface area contributed by atoms with Gasteiger partial charge in [-0.3, -0.25) is 4.79 Å². The number of carbonyl (C=O) groups is 1. The highest BCUT2D eigenvalue weighted by Gasteiger charge is 2.32. The van der Waals surface area contributed by atoms with Crippen molar-refractivity contribution in [3.63, 3.8) is 0 Å². The van der Waals surface area contributed by atoms with Crippen LogP contribution in [0.3, 0.4) is 0 Å². The Morgan fingerprint density at radius 2 is 1.86 bits per heavy atom. The van der Waals surface area contributed by atoms with Crippen LogP contribution in [-0.2, 0) is 0 Å². The van der Waals surface area contributed by atoms with Crippen molar-refractivity contribution >= 4 is 16.9 Å². The molecule has 4 rings (SSSR count). The molecule has 1 aliphatic rings. The minimum atomic E-state index is 0.0418. The van der Waals surface area contributed by atoms with Gasteiger partial charge in [0.1, 0.15) is 5.82 Å². The Morgan fingerprint density at radius 3 is 2.68 bits per heavy atom. The molecule has 0 unspecified atom stereocenters. The molecule has 110 valence electrons. The van der Waals surface area contributed by atoms with Gasteiger partial charge >= 0.3 is 0 Å². The minimum absolute atomic E-state index is 0.0418. The zero-order valence-corrected chi connectivity index (χ0v) is 12.2. The summed E-state index contributed by atoms with van der Waals surface area (Å²) in [6, 6.07) is 17.5. The van der Waals surface area contributed by atoms with Crippen molar-refractivity contribution in [1.82, 2.24) is 14.9 Å². The molecule has 1 N–H and O–H groups in total. The van der Waals surface area contributed by atoms with Gasteiger partial charge in [0.15, 0.2) is 0 Å². The normalized spacial score (nSPS) is 18.0. The van der Waals surface area contributed by atoms with Crippen molar-refractivity contribution in [3.05, 3.63) is 66.0 Å². The number of fused-ring (bicyclic) bond motifs is 1. The summed E-state index contributed by atoms with van der Waals surface area (Å²) >= 11 is 0. The second-order valence-electron chi connectivity index (χ2n) is 5.66. The first kappa shape index (κ1) is 13.1. The molecule has 1 saturated heterocycles. The molecular weight excluding hydrogens is 274 g/mol. The van der Waals surface area contributed by atoms with Gasteiger partial charge in [-0.1, -0.05) is 30.3 Å². The molecule has 0 saturated carbocycles. The predicted molar refractivity (Wildman–Crippen MR) is 85.5 cm³/mol. The molecule has 0 aliphatic carbocycles. The largest absolute Gasteiger partial charge is 0.340 e. The molecular formula is C18H17N3O. The van der Waals surface area contributed by atoms with Crippen LogP contribution in [0.15, 0.2) is 54.6 Å². The van der Waals surface area contributed by atoms with Crippen molar-refractivity contribution in [3.8, 4) is 0 Å². The zero-order chi connectivity index (χ0) is 14.9. The lowest BCUT2D eigenvalue weighted by molar-refractivity contribution is 0.0730. The van der Waals surface area contributed by atoms with E-state index in [2.05, 4.69) is 9.97 Å². The monoisotopic (exact) mass is 291 g/mol. The molecule has 2 aromatic carbocycles. The lowest BCUT2D eigenvalue weighted by Gasteiger charge is -2.23. The maximum Gasteiger partial charge on any atom is 0.254 e. The van der Waals surface area contributed by atoms with E-state index in [1.807, 2.05) is 59.5 Å². The quantitative estimate of drug-likeness (QED) is 0.785. The summed E-state index contributed by atoms with van der Waals surface area (Å²) in [5, 5.41) is 0. The standard InChI is InChI=1S/C18H17N3O/c22-18(13-7-2-1-3-8-13)21-12-6-11-16(21)17-19-14-9-4-5-10-15(14)20-17/h1-5,7-10,16H,6,11-12H2,(H,19,20)/t16-/m1/s1. The van der Waals surface area contributed by atoms with Crippen LogP contribution in [0.2, 0.25) is 0 Å². The molecule has 0 radical (unpaired) electrons. The number of likely N-dealkylation sites (tertiary alicyclic amines) is 1. The highest BCUT2D eigenvalue weighted by atomic mass is 16.2. The van der Waals surface area contributed by atoms with Crippen LogP contribution < -0.4 is 0 Å². The number of carbonyl (C=O) groups excluding carboxylic acids is 1. The van der Waals surface area contributed by atoms with Crippen molar-refractivity contribution in [2.24, 2.45) is 0 Å². The van der Waals surface area contributed by atoms with E-state index in [1.54, 1.807) is 0 Å². The number of para-hydroxylation sites is 2. The fourth-order valence-corrected chi connectivity index (χ4v) is 3.17. The number of imidazole rings is 1. The third kappa shape index (κ3) is 2.17. The third-order valence-corrected chi connectivity index (χ3v) is 4.26. The number of hydrogen-bond acceptors (Lipinski definition) is 2. The zero-order valence-electron chi connectivity index (χ0n) is 12.2. The summed E-state index contributed by atoms with van der Waals surface area (Å²) in [7, 11) is 0. The molecule has 1 atom stereocenters. The maximum atomic E-state index is 12.7. The van der Waals surface area contributed by atoms with E-state index in [0.717, 1.165) is 41.8 Å². The topological polar surface area (TPSA) is 49.0 Å². The fourth-order valence-electron chi connectivity index (χ4n) is 3.17. The van der Waals surface area contributed by atoms with Gasteiger partial charge in [0.25, 0.3) is 5.91 Å². The number of amides is 1. The molecule has 1 aromatic heterocycles. The summed E-state index contributed by atoms with van der Waals surface area (Å²) in [5.74, 6) is 0.978. The van der Waals surface area contributed by atoms with E-state index < -0.39 is 0 Å². The smallest absolute Gasteiger partial charge is 0.254 e. The molecule has 3 aromatic rings. The number of hydrogen-bond donors (Lipinski definition) is 1. The highest BCUT2D eigenvalue weighted by molar-refractivity contribution is 5.94. The van der Waals surface area contributed by atoms with Gasteiger partial charge in [0.05, 0.1) is 17.1 Å². The first-order valence-electron chi connectivity index (χ1n) is 7.63. The van der Waals surface area contributed by atoms with Crippen LogP contribution in [-0.4, -0.2) is 27.3 Å². The van der Waals surface area contributed by atoms with Crippen LogP contribution in [0.5, 0.6) is 0 Å². The van der Waals surface area contributed by atoms with Gasteiger partial charge in [-0.15, -0.1) is 0 Å². The van der Waals surface area contributed by atoms with E-state index >= 15 is 0 Å². The highest BCUT2D eigenvalue weighted by Crippen LogP contribution is 2.32. The second kappa shape index (κ2) is 5.30. The average molecular weight is 291 g/mol. The molecule has 1 fully saturated rings. The Balaban J connectivity index is 1.67. The van der Waals surface area contributed by atoms with E-state index in [-0.39, 0.29) is 11.9 Å². The van der Waals surface area contributed by atoms with Gasteiger partial charge in [-0.25, -0.2) is 4.98 Å². The molecule has 1 aliphatic heterocycles. The number of aromatic nitrogens is 2. The third-order valence-electron chi connectivity index (χ3n) is 4.26. The average Bonchev–Trinajstić information content (AvgIpc) is 3.21. The Labute approximate surface area is 128 Å². The van der Waals surface area contributed by atoms with Gasteiger partial charge in [0.2, 0.25) is 0 Å². The summed E-state index contributed by atoms with van der Waals surface area (Å²) < 4.78 is 0. The van der Waals surface area contributed by atoms with Crippen LogP contribution in [0, 0.1) is 0 Å². The van der Waals surface area contributed by atoms with Crippen molar-refractivity contribution < 1.29 is 4.79 Å². The molecule has 4 nitrogen and oxygen atoms in total. The van der Waals surface area contributed by atoms with Crippen molar-refractivity contribution in [1.29, 1.82) is 0 Å². The number of aromatic amines is 1. The number of nitrogens with zero attached hydrogens (tertiary/aromatic N) is 2. The first-order valence-corrected chi connectivity index (χ1v) is 7.63. The van der Waals surface area contributed by atoms with Crippen molar-refractivity contribution in [2.45, 2.75) is 18.9 Å². The van der Waals surface area contributed by atoms with Crippen LogP contribution in [0.1, 0.15) is 35.1 Å². The number of benzene rings is 2. The Kier molecular flexibility index (Phi) is 3.15. The van der Waals surface area contributed by atoms with Gasteiger partial charge < -0.3 is 9.88 Å². The maximum absolute atomic E-state index is 12.7. The predicted octanol–water partition coefficient (Wildman–Crippen LogP) is 3.54. The Morgan fingerprint density at radius 1 is 1.09 bits per heavy atom. The number of H-pyrrole nitrogens is 1. The Bertz CT molecular complexity index is 776. The summed E-state index contributed by atoms with van der Waals surface area (Å²) in [6.45, 7) is 0.787. The van der Waals surface area contributed by atoms with E-state index in [9.17, 15) is 4.79 Å². The number of rotatable bonds is 2. The Hall–Kier alpha value is -2.62. The summed E-state index contributed by atoms with van der Waals surface area (Å²) in [5.41, 5.74) is 2.72. The number of nitrogens with one attached hydrogen (secondary N) is 1. The van der Waals surface area contributed by atoms with Crippen LogP contribution in [0.4, 0.5) is 0 Å². The fraction of sp³-hybridized carbons (Fsp3) is 0.222. The van der Waals surface area contributed by atoms with Crippen LogP contribution in [0.25, 0.3) is 11.0 Å².